The minimum Gasteiger partial charge on any atom is -0.347 e. The molecule has 8 heteroatoms. The first-order valence-corrected chi connectivity index (χ1v) is 9.81. The summed E-state index contributed by atoms with van der Waals surface area (Å²) in [5.74, 6) is -0.353. The van der Waals surface area contributed by atoms with Crippen molar-refractivity contribution in [3.05, 3.63) is 95.6 Å². The fraction of sp³-hybridized carbons (Fsp3) is 0.130. The number of carbonyl (C=O) groups is 1. The molecule has 0 heterocycles. The van der Waals surface area contributed by atoms with Gasteiger partial charge in [-0.2, -0.15) is 13.2 Å². The second-order valence-electron chi connectivity index (χ2n) is 6.82. The quantitative estimate of drug-likeness (QED) is 0.444. The van der Waals surface area contributed by atoms with E-state index in [2.05, 4.69) is 16.0 Å². The molecule has 0 aliphatic heterocycles. The summed E-state index contributed by atoms with van der Waals surface area (Å²) in [5, 5.41) is 8.52. The molecule has 1 atom stereocenters. The highest BCUT2D eigenvalue weighted by atomic mass is 32.1. The minimum atomic E-state index is -4.47. The van der Waals surface area contributed by atoms with E-state index in [0.717, 1.165) is 17.7 Å². The van der Waals surface area contributed by atoms with Crippen LogP contribution >= 0.6 is 12.2 Å². The molecule has 3 aromatic carbocycles. The van der Waals surface area contributed by atoms with Crippen LogP contribution in [0.2, 0.25) is 0 Å². The topological polar surface area (TPSA) is 53.2 Å². The highest BCUT2D eigenvalue weighted by Crippen LogP contribution is 2.30. The van der Waals surface area contributed by atoms with Gasteiger partial charge in [0.05, 0.1) is 5.56 Å². The highest BCUT2D eigenvalue weighted by molar-refractivity contribution is 7.80. The molecule has 3 N–H and O–H groups in total. The molecule has 0 radical (unpaired) electrons. The number of alkyl halides is 3. The molecular weight excluding hydrogens is 423 g/mol. The summed E-state index contributed by atoms with van der Waals surface area (Å²) in [7, 11) is 0. The number of benzene rings is 3. The van der Waals surface area contributed by atoms with Gasteiger partial charge in [0.15, 0.2) is 5.11 Å². The Balaban J connectivity index is 1.78. The SMILES string of the molecule is Cc1ccccc1NC(=O)C(NC(=S)Nc1cccc(C(F)(F)F)c1)c1ccccc1. The van der Waals surface area contributed by atoms with Gasteiger partial charge < -0.3 is 16.0 Å². The van der Waals surface area contributed by atoms with Crippen LogP contribution in [0.1, 0.15) is 22.7 Å². The van der Waals surface area contributed by atoms with Crippen LogP contribution in [0, 0.1) is 6.92 Å². The van der Waals surface area contributed by atoms with Gasteiger partial charge in [-0.1, -0.05) is 54.6 Å². The number of rotatable bonds is 5. The summed E-state index contributed by atoms with van der Waals surface area (Å²) < 4.78 is 38.9. The minimum absolute atomic E-state index is 0.0214. The van der Waals surface area contributed by atoms with E-state index in [0.29, 0.717) is 11.3 Å². The van der Waals surface area contributed by atoms with Gasteiger partial charge in [-0.25, -0.2) is 0 Å². The van der Waals surface area contributed by atoms with Crippen molar-refractivity contribution < 1.29 is 18.0 Å². The van der Waals surface area contributed by atoms with Crippen molar-refractivity contribution in [2.24, 2.45) is 0 Å². The lowest BCUT2D eigenvalue weighted by molar-refractivity contribution is -0.137. The van der Waals surface area contributed by atoms with Gasteiger partial charge in [0, 0.05) is 11.4 Å². The average molecular weight is 443 g/mol. The van der Waals surface area contributed by atoms with Crippen LogP contribution in [-0.4, -0.2) is 11.0 Å². The molecule has 160 valence electrons. The van der Waals surface area contributed by atoms with Crippen LogP contribution in [0.15, 0.2) is 78.9 Å². The molecule has 0 saturated carbocycles. The zero-order chi connectivity index (χ0) is 22.4. The zero-order valence-electron chi connectivity index (χ0n) is 16.5. The van der Waals surface area contributed by atoms with Crippen LogP contribution in [0.25, 0.3) is 0 Å². The maximum absolute atomic E-state index is 13.0. The van der Waals surface area contributed by atoms with Crippen LogP contribution in [0.5, 0.6) is 0 Å². The number of nitrogens with one attached hydrogen (secondary N) is 3. The number of aryl methyl sites for hydroxylation is 1. The van der Waals surface area contributed by atoms with E-state index in [-0.39, 0.29) is 16.7 Å². The Morgan fingerprint density at radius 2 is 1.58 bits per heavy atom. The molecule has 1 unspecified atom stereocenters. The maximum Gasteiger partial charge on any atom is 0.416 e. The van der Waals surface area contributed by atoms with Crippen LogP contribution in [0.3, 0.4) is 0 Å². The molecule has 3 rings (SSSR count). The summed E-state index contributed by atoms with van der Waals surface area (Å²) in [5.41, 5.74) is 1.58. The van der Waals surface area contributed by atoms with E-state index < -0.39 is 17.8 Å². The molecule has 0 spiro atoms. The largest absolute Gasteiger partial charge is 0.416 e. The van der Waals surface area contributed by atoms with E-state index >= 15 is 0 Å². The molecule has 0 fully saturated rings. The fourth-order valence-electron chi connectivity index (χ4n) is 2.94. The molecule has 0 bridgehead atoms. The van der Waals surface area contributed by atoms with Gasteiger partial charge in [0.1, 0.15) is 6.04 Å². The highest BCUT2D eigenvalue weighted by Gasteiger charge is 2.30. The number of halogens is 3. The predicted molar refractivity (Wildman–Crippen MR) is 120 cm³/mol. The molecule has 3 aromatic rings. The third-order valence-corrected chi connectivity index (χ3v) is 4.74. The Morgan fingerprint density at radius 3 is 2.26 bits per heavy atom. The number of thiocarbonyl (C=S) groups is 1. The van der Waals surface area contributed by atoms with Crippen molar-refractivity contribution in [1.82, 2.24) is 5.32 Å². The van der Waals surface area contributed by atoms with E-state index in [1.165, 1.54) is 12.1 Å². The first kappa shape index (κ1) is 22.3. The number of anilines is 2. The molecule has 0 aliphatic rings. The van der Waals surface area contributed by atoms with Crippen molar-refractivity contribution in [2.75, 3.05) is 10.6 Å². The Kier molecular flexibility index (Phi) is 6.91. The van der Waals surface area contributed by atoms with Crippen LogP contribution in [-0.2, 0) is 11.0 Å². The lowest BCUT2D eigenvalue weighted by Gasteiger charge is -2.21. The third-order valence-electron chi connectivity index (χ3n) is 4.52. The normalized spacial score (nSPS) is 12.0. The summed E-state index contributed by atoms with van der Waals surface area (Å²) in [6.45, 7) is 1.88. The van der Waals surface area contributed by atoms with Gasteiger partial charge in [-0.15, -0.1) is 0 Å². The summed E-state index contributed by atoms with van der Waals surface area (Å²) >= 11 is 5.28. The second-order valence-corrected chi connectivity index (χ2v) is 7.23. The number of carbonyl (C=O) groups excluding carboxylic acids is 1. The lowest BCUT2D eigenvalue weighted by Crippen LogP contribution is -2.39. The van der Waals surface area contributed by atoms with Crippen LogP contribution in [0.4, 0.5) is 24.5 Å². The fourth-order valence-corrected chi connectivity index (χ4v) is 3.17. The second kappa shape index (κ2) is 9.61. The summed E-state index contributed by atoms with van der Waals surface area (Å²) in [4.78, 5) is 13.0. The Morgan fingerprint density at radius 1 is 0.903 bits per heavy atom. The van der Waals surface area contributed by atoms with Crippen LogP contribution < -0.4 is 16.0 Å². The molecule has 1 amide bonds. The average Bonchev–Trinajstić information content (AvgIpc) is 2.74. The monoisotopic (exact) mass is 443 g/mol. The number of para-hydroxylation sites is 1. The van der Waals surface area contributed by atoms with E-state index in [1.54, 1.807) is 30.3 Å². The Hall–Kier alpha value is -3.39. The molecule has 0 aromatic heterocycles. The predicted octanol–water partition coefficient (Wildman–Crippen LogP) is 5.68. The maximum atomic E-state index is 13.0. The van der Waals surface area contributed by atoms with E-state index in [9.17, 15) is 18.0 Å². The van der Waals surface area contributed by atoms with Gasteiger partial charge in [0.2, 0.25) is 0 Å². The first-order chi connectivity index (χ1) is 14.7. The van der Waals surface area contributed by atoms with Gasteiger partial charge >= 0.3 is 6.18 Å². The van der Waals surface area contributed by atoms with Crippen molar-refractivity contribution in [1.29, 1.82) is 0 Å². The molecular formula is C23H20F3N3OS. The number of hydrogen-bond acceptors (Lipinski definition) is 2. The molecule has 0 saturated heterocycles. The number of amides is 1. The van der Waals surface area contributed by atoms with E-state index in [4.69, 9.17) is 12.2 Å². The van der Waals surface area contributed by atoms with E-state index in [1.807, 2.05) is 31.2 Å². The standard InChI is InChI=1S/C23H20F3N3OS/c1-15-8-5-6-13-19(15)28-21(30)20(16-9-3-2-4-10-16)29-22(31)27-18-12-7-11-17(14-18)23(24,25)26/h2-14,20H,1H3,(H,28,30)(H2,27,29,31). The van der Waals surface area contributed by atoms with Gasteiger partial charge in [0.25, 0.3) is 5.91 Å². The molecule has 4 nitrogen and oxygen atoms in total. The number of hydrogen-bond donors (Lipinski definition) is 3. The first-order valence-electron chi connectivity index (χ1n) is 9.40. The van der Waals surface area contributed by atoms with Crippen molar-refractivity contribution in [2.45, 2.75) is 19.1 Å². The van der Waals surface area contributed by atoms with Crippen molar-refractivity contribution in [3.63, 3.8) is 0 Å². The third kappa shape index (κ3) is 6.05. The zero-order valence-corrected chi connectivity index (χ0v) is 17.3. The van der Waals surface area contributed by atoms with Gasteiger partial charge in [-0.3, -0.25) is 4.79 Å². The van der Waals surface area contributed by atoms with Crippen molar-refractivity contribution >= 4 is 34.6 Å². The summed E-state index contributed by atoms with van der Waals surface area (Å²) in [6.07, 6.45) is -4.47. The summed E-state index contributed by atoms with van der Waals surface area (Å²) in [6, 6.07) is 20.1. The Bertz CT molecular complexity index is 1070. The molecule has 31 heavy (non-hydrogen) atoms. The Labute approximate surface area is 183 Å². The van der Waals surface area contributed by atoms with Crippen molar-refractivity contribution in [3.8, 4) is 0 Å². The molecule has 0 aliphatic carbocycles. The smallest absolute Gasteiger partial charge is 0.347 e. The lowest BCUT2D eigenvalue weighted by atomic mass is 10.1. The van der Waals surface area contributed by atoms with Gasteiger partial charge in [-0.05, 0) is 54.5 Å².